The second kappa shape index (κ2) is 12.6. The van der Waals surface area contributed by atoms with Gasteiger partial charge in [-0.1, -0.05) is 45.0 Å². The maximum Gasteiger partial charge on any atom is 0.263 e. The van der Waals surface area contributed by atoms with E-state index in [-0.39, 0.29) is 41.1 Å². The number of hydrogen-bond acceptors (Lipinski definition) is 9. The van der Waals surface area contributed by atoms with E-state index in [9.17, 15) is 4.21 Å². The van der Waals surface area contributed by atoms with Crippen LogP contribution in [0, 0.1) is 0 Å². The fourth-order valence-electron chi connectivity index (χ4n) is 3.46. The van der Waals surface area contributed by atoms with Gasteiger partial charge in [0.2, 0.25) is 11.6 Å². The third-order valence-electron chi connectivity index (χ3n) is 5.53. The van der Waals surface area contributed by atoms with Gasteiger partial charge in [0, 0.05) is 19.5 Å². The molecule has 1 unspecified atom stereocenters. The largest absolute Gasteiger partial charge is 0.493 e. The number of ether oxygens (including phenoxy) is 4. The van der Waals surface area contributed by atoms with Gasteiger partial charge in [-0.15, -0.1) is 0 Å². The summed E-state index contributed by atoms with van der Waals surface area (Å²) in [6, 6.07) is 16.4. The third-order valence-corrected chi connectivity index (χ3v) is 6.61. The van der Waals surface area contributed by atoms with Crippen LogP contribution in [-0.4, -0.2) is 51.6 Å². The van der Waals surface area contributed by atoms with Crippen molar-refractivity contribution in [3.8, 4) is 34.8 Å². The molecule has 0 aliphatic carbocycles. The zero-order valence-electron chi connectivity index (χ0n) is 22.5. The number of rotatable bonds is 11. The topological polar surface area (TPSA) is 118 Å². The van der Waals surface area contributed by atoms with Crippen LogP contribution in [-0.2, 0) is 21.1 Å². The summed E-state index contributed by atoms with van der Waals surface area (Å²) in [5.41, 5.74) is 1.09. The second-order valence-corrected chi connectivity index (χ2v) is 10.6. The first-order valence-electron chi connectivity index (χ1n) is 12.2. The average molecular weight is 550 g/mol. The van der Waals surface area contributed by atoms with E-state index >= 15 is 0 Å². The first-order chi connectivity index (χ1) is 18.8. The lowest BCUT2D eigenvalue weighted by Crippen LogP contribution is -2.14. The van der Waals surface area contributed by atoms with Crippen molar-refractivity contribution in [2.24, 2.45) is 0 Å². The van der Waals surface area contributed by atoms with Crippen LogP contribution in [0.25, 0.3) is 11.6 Å². The van der Waals surface area contributed by atoms with Gasteiger partial charge >= 0.3 is 0 Å². The molecule has 11 heteroatoms. The summed E-state index contributed by atoms with van der Waals surface area (Å²) in [4.78, 5) is 18.2. The van der Waals surface area contributed by atoms with Crippen LogP contribution in [0.5, 0.6) is 23.1 Å². The molecule has 4 rings (SSSR count). The van der Waals surface area contributed by atoms with Crippen LogP contribution in [0.4, 0.5) is 5.82 Å². The smallest absolute Gasteiger partial charge is 0.263 e. The van der Waals surface area contributed by atoms with Crippen LogP contribution < -0.4 is 18.9 Å². The highest BCUT2D eigenvalue weighted by Gasteiger charge is 2.24. The lowest BCUT2D eigenvalue weighted by molar-refractivity contribution is 0.142. The highest BCUT2D eigenvalue weighted by atomic mass is 32.2. The summed E-state index contributed by atoms with van der Waals surface area (Å²) in [5, 5.41) is 0. The van der Waals surface area contributed by atoms with Crippen molar-refractivity contribution in [2.45, 2.75) is 31.1 Å². The lowest BCUT2D eigenvalue weighted by Gasteiger charge is -2.19. The first-order valence-corrected chi connectivity index (χ1v) is 13.4. The van der Waals surface area contributed by atoms with Gasteiger partial charge in [-0.05, 0) is 41.3 Å². The normalized spacial score (nSPS) is 12.0. The molecule has 0 fully saturated rings. The molecule has 1 atom stereocenters. The maximum atomic E-state index is 13.5. The Labute approximate surface area is 230 Å². The predicted molar refractivity (Wildman–Crippen MR) is 149 cm³/mol. The van der Waals surface area contributed by atoms with Crippen LogP contribution in [0.1, 0.15) is 26.3 Å². The second-order valence-electron chi connectivity index (χ2n) is 9.34. The molecule has 10 nitrogen and oxygen atoms in total. The third kappa shape index (κ3) is 7.06. The Morgan fingerprint density at radius 3 is 2.18 bits per heavy atom. The van der Waals surface area contributed by atoms with Crippen LogP contribution in [0.2, 0.25) is 0 Å². The van der Waals surface area contributed by atoms with E-state index in [4.69, 9.17) is 18.9 Å². The molecule has 2 aromatic carbocycles. The molecule has 0 radical (unpaired) electrons. The van der Waals surface area contributed by atoms with Gasteiger partial charge in [0.1, 0.15) is 6.61 Å². The Morgan fingerprint density at radius 2 is 1.54 bits per heavy atom. The quantitative estimate of drug-likeness (QED) is 0.252. The highest BCUT2D eigenvalue weighted by Crippen LogP contribution is 2.41. The standard InChI is InChI=1S/C28H31N5O5S/c1-28(2,3)19-11-13-20(14-12-19)39(34)33-24-23(38-22-10-7-6-9-21(22)36-5)27(37-18-17-35-4)32-26(31-24)25-29-15-8-16-30-25/h6-16H,17-18H2,1-5H3,(H,31,32,33). The number of aromatic nitrogens is 4. The number of para-hydroxylation sites is 2. The van der Waals surface area contributed by atoms with Gasteiger partial charge in [-0.2, -0.15) is 4.98 Å². The Balaban J connectivity index is 1.79. The van der Waals surface area contributed by atoms with Gasteiger partial charge in [0.05, 0.1) is 18.6 Å². The molecule has 0 saturated carbocycles. The van der Waals surface area contributed by atoms with E-state index < -0.39 is 11.0 Å². The van der Waals surface area contributed by atoms with Crippen LogP contribution in [0.15, 0.2) is 71.9 Å². The fourth-order valence-corrected chi connectivity index (χ4v) is 4.28. The number of nitrogens with one attached hydrogen (secondary N) is 1. The van der Waals surface area contributed by atoms with Gasteiger partial charge in [-0.3, -0.25) is 4.72 Å². The van der Waals surface area contributed by atoms with Gasteiger partial charge in [-0.25, -0.2) is 19.2 Å². The Kier molecular flexibility index (Phi) is 9.05. The van der Waals surface area contributed by atoms with Crippen molar-refractivity contribution in [2.75, 3.05) is 32.2 Å². The number of nitrogens with zero attached hydrogens (tertiary/aromatic N) is 4. The molecule has 4 aromatic rings. The van der Waals surface area contributed by atoms with E-state index in [1.54, 1.807) is 50.9 Å². The number of hydrogen-bond donors (Lipinski definition) is 1. The van der Waals surface area contributed by atoms with E-state index in [0.717, 1.165) is 5.56 Å². The van der Waals surface area contributed by atoms with E-state index in [1.165, 1.54) is 0 Å². The van der Waals surface area contributed by atoms with Crippen molar-refractivity contribution in [1.82, 2.24) is 19.9 Å². The van der Waals surface area contributed by atoms with E-state index in [2.05, 4.69) is 45.4 Å². The fraction of sp³-hybridized carbons (Fsp3) is 0.286. The summed E-state index contributed by atoms with van der Waals surface area (Å²) >= 11 is 0. The minimum Gasteiger partial charge on any atom is -0.493 e. The number of benzene rings is 2. The van der Waals surface area contributed by atoms with Gasteiger partial charge < -0.3 is 18.9 Å². The molecule has 1 N–H and O–H groups in total. The minimum atomic E-state index is -1.70. The number of anilines is 1. The monoisotopic (exact) mass is 549 g/mol. The Hall–Kier alpha value is -4.09. The van der Waals surface area contributed by atoms with Crippen molar-refractivity contribution < 1.29 is 23.2 Å². The molecule has 0 amide bonds. The summed E-state index contributed by atoms with van der Waals surface area (Å²) < 4.78 is 39.2. The first kappa shape index (κ1) is 27.9. The predicted octanol–water partition coefficient (Wildman–Crippen LogP) is 5.19. The zero-order chi connectivity index (χ0) is 27.8. The molecule has 0 saturated heterocycles. The summed E-state index contributed by atoms with van der Waals surface area (Å²) in [6.45, 7) is 6.86. The maximum absolute atomic E-state index is 13.5. The molecule has 0 aliphatic heterocycles. The summed E-state index contributed by atoms with van der Waals surface area (Å²) in [6.07, 6.45) is 3.16. The molecule has 39 heavy (non-hydrogen) atoms. The number of methoxy groups -OCH3 is 2. The average Bonchev–Trinajstić information content (AvgIpc) is 2.94. The molecular weight excluding hydrogens is 518 g/mol. The van der Waals surface area contributed by atoms with E-state index in [1.807, 2.05) is 30.3 Å². The van der Waals surface area contributed by atoms with Crippen molar-refractivity contribution in [3.05, 3.63) is 72.6 Å². The molecule has 2 aromatic heterocycles. The van der Waals surface area contributed by atoms with Gasteiger partial charge in [0.25, 0.3) is 5.88 Å². The molecule has 2 heterocycles. The summed E-state index contributed by atoms with van der Waals surface area (Å²) in [5.74, 6) is 1.66. The zero-order valence-corrected chi connectivity index (χ0v) is 23.3. The molecule has 0 aliphatic rings. The molecule has 204 valence electrons. The Morgan fingerprint density at radius 1 is 0.846 bits per heavy atom. The highest BCUT2D eigenvalue weighted by molar-refractivity contribution is 7.86. The molecule has 0 bridgehead atoms. The lowest BCUT2D eigenvalue weighted by atomic mass is 9.87. The summed E-state index contributed by atoms with van der Waals surface area (Å²) in [7, 11) is 1.41. The van der Waals surface area contributed by atoms with Crippen molar-refractivity contribution >= 4 is 16.8 Å². The van der Waals surface area contributed by atoms with Crippen molar-refractivity contribution in [3.63, 3.8) is 0 Å². The van der Waals surface area contributed by atoms with Gasteiger partial charge in [0.15, 0.2) is 34.1 Å². The van der Waals surface area contributed by atoms with Crippen molar-refractivity contribution in [1.29, 1.82) is 0 Å². The van der Waals surface area contributed by atoms with Crippen LogP contribution >= 0.6 is 0 Å². The minimum absolute atomic E-state index is 0.0329. The molecular formula is C28H31N5O5S. The SMILES string of the molecule is COCCOc1nc(-c2ncccn2)nc(NS(=O)c2ccc(C(C)(C)C)cc2)c1Oc1ccccc1OC. The Bertz CT molecular complexity index is 1410. The van der Waals surface area contributed by atoms with Crippen LogP contribution in [0.3, 0.4) is 0 Å². The van der Waals surface area contributed by atoms with E-state index in [0.29, 0.717) is 23.0 Å². The molecule has 0 spiro atoms.